The second kappa shape index (κ2) is 5.79. The molecular weight excluding hydrogens is 247 g/mol. The monoisotopic (exact) mass is 264 g/mol. The highest BCUT2D eigenvalue weighted by Gasteiger charge is 2.12. The van der Waals surface area contributed by atoms with Gasteiger partial charge in [0.2, 0.25) is 0 Å². The van der Waals surface area contributed by atoms with Crippen molar-refractivity contribution in [3.05, 3.63) is 41.7 Å². The summed E-state index contributed by atoms with van der Waals surface area (Å²) in [6, 6.07) is 3.74. The van der Waals surface area contributed by atoms with Gasteiger partial charge >= 0.3 is 0 Å². The van der Waals surface area contributed by atoms with E-state index in [0.29, 0.717) is 12.1 Å². The zero-order chi connectivity index (χ0) is 13.8. The Balaban J connectivity index is 2.05. The number of aromatic hydroxyl groups is 1. The summed E-state index contributed by atoms with van der Waals surface area (Å²) < 4.78 is 15.1. The minimum Gasteiger partial charge on any atom is -0.508 e. The van der Waals surface area contributed by atoms with Gasteiger partial charge in [-0.2, -0.15) is 0 Å². The fourth-order valence-electron chi connectivity index (χ4n) is 1.91. The number of rotatable bonds is 5. The van der Waals surface area contributed by atoms with Crippen molar-refractivity contribution in [1.29, 1.82) is 0 Å². The van der Waals surface area contributed by atoms with Gasteiger partial charge < -0.3 is 15.0 Å². The number of halogens is 1. The van der Waals surface area contributed by atoms with Crippen LogP contribution in [-0.2, 0) is 13.1 Å². The molecule has 0 fully saturated rings. The molecule has 0 amide bonds. The first-order chi connectivity index (χ1) is 9.11. The van der Waals surface area contributed by atoms with E-state index in [4.69, 9.17) is 0 Å². The summed E-state index contributed by atoms with van der Waals surface area (Å²) in [6.07, 6.45) is 1.67. The average molecular weight is 264 g/mol. The van der Waals surface area contributed by atoms with Crippen molar-refractivity contribution in [2.24, 2.45) is 0 Å². The van der Waals surface area contributed by atoms with Gasteiger partial charge in [0.05, 0.1) is 6.54 Å². The summed E-state index contributed by atoms with van der Waals surface area (Å²) in [5.41, 5.74) is 0.530. The maximum absolute atomic E-state index is 13.2. The molecule has 6 heteroatoms. The van der Waals surface area contributed by atoms with Crippen molar-refractivity contribution in [3.63, 3.8) is 0 Å². The Morgan fingerprint density at radius 3 is 3.00 bits per heavy atom. The Morgan fingerprint density at radius 1 is 1.47 bits per heavy atom. The second-order valence-electron chi connectivity index (χ2n) is 4.34. The van der Waals surface area contributed by atoms with Crippen molar-refractivity contribution in [2.45, 2.75) is 33.0 Å². The molecule has 0 radical (unpaired) electrons. The van der Waals surface area contributed by atoms with Crippen LogP contribution >= 0.6 is 0 Å². The van der Waals surface area contributed by atoms with Crippen molar-refractivity contribution >= 4 is 0 Å². The Morgan fingerprint density at radius 2 is 2.26 bits per heavy atom. The van der Waals surface area contributed by atoms with E-state index in [9.17, 15) is 9.50 Å². The number of hydrogen-bond acceptors (Lipinski definition) is 4. The number of hydrogen-bond donors (Lipinski definition) is 2. The molecule has 0 saturated heterocycles. The number of phenolic OH excluding ortho intramolecular Hbond substituents is 1. The molecule has 1 atom stereocenters. The highest BCUT2D eigenvalue weighted by Crippen LogP contribution is 2.24. The molecule has 0 bridgehead atoms. The molecule has 102 valence electrons. The predicted molar refractivity (Wildman–Crippen MR) is 69.0 cm³/mol. The fraction of sp³-hybridized carbons (Fsp3) is 0.385. The first-order valence-corrected chi connectivity index (χ1v) is 6.20. The van der Waals surface area contributed by atoms with Crippen molar-refractivity contribution in [1.82, 2.24) is 20.1 Å². The number of benzene rings is 1. The lowest BCUT2D eigenvalue weighted by molar-refractivity contribution is 0.446. The van der Waals surface area contributed by atoms with Gasteiger partial charge in [-0.05, 0) is 32.0 Å². The van der Waals surface area contributed by atoms with Crippen LogP contribution in [0, 0.1) is 5.82 Å². The predicted octanol–water partition coefficient (Wildman–Crippen LogP) is 1.99. The van der Waals surface area contributed by atoms with E-state index in [0.717, 1.165) is 12.4 Å². The number of nitrogens with zero attached hydrogens (tertiary/aromatic N) is 3. The Bertz CT molecular complexity index is 555. The smallest absolute Gasteiger partial charge is 0.146 e. The van der Waals surface area contributed by atoms with E-state index < -0.39 is 0 Å². The summed E-state index contributed by atoms with van der Waals surface area (Å²) in [4.78, 5) is 0. The quantitative estimate of drug-likeness (QED) is 0.867. The van der Waals surface area contributed by atoms with Crippen LogP contribution in [0.3, 0.4) is 0 Å². The molecular formula is C13H17FN4O. The van der Waals surface area contributed by atoms with E-state index in [1.165, 1.54) is 18.2 Å². The van der Waals surface area contributed by atoms with E-state index in [-0.39, 0.29) is 17.6 Å². The molecule has 0 aliphatic rings. The number of aromatic nitrogens is 3. The standard InChI is InChI=1S/C13H17FN4O/c1-3-18-8-16-17-13(18)7-15-9(2)11-6-10(14)4-5-12(11)19/h4-6,8-9,15,19H,3,7H2,1-2H3. The minimum absolute atomic E-state index is 0.0818. The van der Waals surface area contributed by atoms with Gasteiger partial charge in [-0.15, -0.1) is 10.2 Å². The molecule has 0 spiro atoms. The van der Waals surface area contributed by atoms with Gasteiger partial charge in [0, 0.05) is 18.2 Å². The van der Waals surface area contributed by atoms with Gasteiger partial charge in [-0.3, -0.25) is 0 Å². The van der Waals surface area contributed by atoms with Crippen molar-refractivity contribution in [3.8, 4) is 5.75 Å². The lowest BCUT2D eigenvalue weighted by atomic mass is 10.1. The maximum Gasteiger partial charge on any atom is 0.146 e. The topological polar surface area (TPSA) is 63.0 Å². The lowest BCUT2D eigenvalue weighted by Gasteiger charge is -2.15. The van der Waals surface area contributed by atoms with Crippen LogP contribution in [0.1, 0.15) is 31.3 Å². The zero-order valence-corrected chi connectivity index (χ0v) is 11.0. The Labute approximate surface area is 111 Å². The number of aryl methyl sites for hydroxylation is 1. The first kappa shape index (κ1) is 13.5. The third-order valence-electron chi connectivity index (χ3n) is 3.06. The van der Waals surface area contributed by atoms with Crippen LogP contribution in [-0.4, -0.2) is 19.9 Å². The summed E-state index contributed by atoms with van der Waals surface area (Å²) in [5.74, 6) is 0.529. The highest BCUT2D eigenvalue weighted by atomic mass is 19.1. The lowest BCUT2D eigenvalue weighted by Crippen LogP contribution is -2.20. The molecule has 0 aliphatic heterocycles. The maximum atomic E-state index is 13.2. The van der Waals surface area contributed by atoms with E-state index in [1.807, 2.05) is 18.4 Å². The van der Waals surface area contributed by atoms with Crippen LogP contribution in [0.25, 0.3) is 0 Å². The summed E-state index contributed by atoms with van der Waals surface area (Å²) in [7, 11) is 0. The van der Waals surface area contributed by atoms with Gasteiger partial charge in [0.1, 0.15) is 23.7 Å². The van der Waals surface area contributed by atoms with Crippen LogP contribution in [0.5, 0.6) is 5.75 Å². The SMILES string of the molecule is CCn1cnnc1CNC(C)c1cc(F)ccc1O. The largest absolute Gasteiger partial charge is 0.508 e. The molecule has 2 aromatic rings. The minimum atomic E-state index is -0.363. The molecule has 0 aliphatic carbocycles. The molecule has 2 N–H and O–H groups in total. The average Bonchev–Trinajstić information content (AvgIpc) is 2.86. The molecule has 1 unspecified atom stereocenters. The van der Waals surface area contributed by atoms with E-state index in [2.05, 4.69) is 15.5 Å². The first-order valence-electron chi connectivity index (χ1n) is 6.20. The van der Waals surface area contributed by atoms with E-state index in [1.54, 1.807) is 6.33 Å². The fourth-order valence-corrected chi connectivity index (χ4v) is 1.91. The van der Waals surface area contributed by atoms with Crippen LogP contribution < -0.4 is 5.32 Å². The summed E-state index contributed by atoms with van der Waals surface area (Å²) in [6.45, 7) is 5.17. The van der Waals surface area contributed by atoms with Crippen LogP contribution in [0.4, 0.5) is 4.39 Å². The Hall–Kier alpha value is -1.95. The van der Waals surface area contributed by atoms with Crippen LogP contribution in [0.15, 0.2) is 24.5 Å². The summed E-state index contributed by atoms with van der Waals surface area (Å²) >= 11 is 0. The van der Waals surface area contributed by atoms with Crippen molar-refractivity contribution in [2.75, 3.05) is 0 Å². The molecule has 2 rings (SSSR count). The third-order valence-corrected chi connectivity index (χ3v) is 3.06. The van der Waals surface area contributed by atoms with Crippen LogP contribution in [0.2, 0.25) is 0 Å². The van der Waals surface area contributed by atoms with Gasteiger partial charge in [-0.25, -0.2) is 4.39 Å². The van der Waals surface area contributed by atoms with Gasteiger partial charge in [0.15, 0.2) is 0 Å². The molecule has 1 aromatic heterocycles. The van der Waals surface area contributed by atoms with Crippen molar-refractivity contribution < 1.29 is 9.50 Å². The molecule has 1 heterocycles. The zero-order valence-electron chi connectivity index (χ0n) is 11.0. The summed E-state index contributed by atoms with van der Waals surface area (Å²) in [5, 5.41) is 20.8. The Kier molecular flexibility index (Phi) is 4.11. The number of phenols is 1. The highest BCUT2D eigenvalue weighted by molar-refractivity contribution is 5.34. The third kappa shape index (κ3) is 3.08. The normalized spacial score (nSPS) is 12.6. The van der Waals surface area contributed by atoms with Gasteiger partial charge in [0.25, 0.3) is 0 Å². The van der Waals surface area contributed by atoms with E-state index >= 15 is 0 Å². The van der Waals surface area contributed by atoms with Gasteiger partial charge in [-0.1, -0.05) is 0 Å². The second-order valence-corrected chi connectivity index (χ2v) is 4.34. The molecule has 19 heavy (non-hydrogen) atoms. The molecule has 0 saturated carbocycles. The number of nitrogens with one attached hydrogen (secondary N) is 1. The molecule has 5 nitrogen and oxygen atoms in total. The molecule has 1 aromatic carbocycles.